The number of phosphoric acid groups is 1. The van der Waals surface area contributed by atoms with E-state index >= 15 is 0 Å². The van der Waals surface area contributed by atoms with E-state index in [0.717, 1.165) is 0 Å². The normalized spacial score (nSPS) is 46.4. The molecule has 0 spiro atoms. The molecule has 0 aromatic rings. The number of aliphatic hydroxyl groups is 7. The van der Waals surface area contributed by atoms with Crippen LogP contribution in [0.4, 0.5) is 0 Å². The van der Waals surface area contributed by atoms with Gasteiger partial charge in [-0.25, -0.2) is 4.57 Å². The Morgan fingerprint density at radius 1 is 0.778 bits per heavy atom. The van der Waals surface area contributed by atoms with Gasteiger partial charge in [0.2, 0.25) is 0 Å². The molecule has 0 saturated carbocycles. The van der Waals surface area contributed by atoms with Gasteiger partial charge in [0.15, 0.2) is 12.6 Å². The first-order valence-electron chi connectivity index (χ1n) is 7.82. The van der Waals surface area contributed by atoms with Gasteiger partial charge in [-0.15, -0.1) is 0 Å². The molecule has 9 N–H and O–H groups in total. The van der Waals surface area contributed by atoms with Gasteiger partial charge in [-0.2, -0.15) is 0 Å². The molecule has 1 unspecified atom stereocenters. The molecule has 0 bridgehead atoms. The van der Waals surface area contributed by atoms with Crippen LogP contribution in [-0.2, 0) is 23.3 Å². The van der Waals surface area contributed by atoms with Crippen LogP contribution < -0.4 is 0 Å². The number of rotatable bonds is 6. The van der Waals surface area contributed by atoms with Crippen LogP contribution in [0.5, 0.6) is 0 Å². The fraction of sp³-hybridized carbons (Fsp3) is 1.00. The van der Waals surface area contributed by atoms with Gasteiger partial charge in [-0.3, -0.25) is 4.52 Å². The van der Waals surface area contributed by atoms with Crippen molar-refractivity contribution in [3.63, 3.8) is 0 Å². The molecule has 2 fully saturated rings. The zero-order chi connectivity index (χ0) is 20.5. The van der Waals surface area contributed by atoms with Gasteiger partial charge in [-0.1, -0.05) is 0 Å². The van der Waals surface area contributed by atoms with Crippen LogP contribution in [-0.4, -0.2) is 120 Å². The van der Waals surface area contributed by atoms with Crippen molar-refractivity contribution in [2.75, 3.05) is 13.2 Å². The minimum absolute atomic E-state index is 0.765. The predicted molar refractivity (Wildman–Crippen MR) is 79.5 cm³/mol. The van der Waals surface area contributed by atoms with E-state index < -0.39 is 82.4 Å². The van der Waals surface area contributed by atoms with Gasteiger partial charge < -0.3 is 59.7 Å². The van der Waals surface area contributed by atoms with Crippen LogP contribution in [0, 0.1) is 0 Å². The molecule has 10 atom stereocenters. The highest BCUT2D eigenvalue weighted by Crippen LogP contribution is 2.42. The smallest absolute Gasteiger partial charge is 0.394 e. The Labute approximate surface area is 152 Å². The molecule has 27 heavy (non-hydrogen) atoms. The summed E-state index contributed by atoms with van der Waals surface area (Å²) in [7, 11) is -5.20. The molecular formula is C12H23O14P. The molecule has 0 radical (unpaired) electrons. The highest BCUT2D eigenvalue weighted by atomic mass is 31.2. The number of ether oxygens (including phenoxy) is 3. The van der Waals surface area contributed by atoms with Crippen molar-refractivity contribution in [2.45, 2.75) is 61.4 Å². The van der Waals surface area contributed by atoms with Crippen molar-refractivity contribution >= 4 is 7.82 Å². The minimum Gasteiger partial charge on any atom is -0.394 e. The molecule has 0 aliphatic carbocycles. The average Bonchev–Trinajstić information content (AvgIpc) is 2.60. The number of phosphoric ester groups is 1. The van der Waals surface area contributed by atoms with E-state index in [-0.39, 0.29) is 0 Å². The molecular weight excluding hydrogens is 399 g/mol. The summed E-state index contributed by atoms with van der Waals surface area (Å²) in [6.07, 6.45) is -17.6. The average molecular weight is 422 g/mol. The summed E-state index contributed by atoms with van der Waals surface area (Å²) in [6, 6.07) is 0. The van der Waals surface area contributed by atoms with E-state index in [0.29, 0.717) is 0 Å². The maximum atomic E-state index is 11.2. The molecule has 0 aromatic heterocycles. The van der Waals surface area contributed by atoms with Gasteiger partial charge in [0.05, 0.1) is 13.2 Å². The third-order valence-corrected chi connectivity index (χ3v) is 4.73. The SMILES string of the molecule is O=P(O)(O)O[C@H]1[C@H](O[C@@H]2O[C@H](CO)[C@H](O)[C@H](O)[C@H]2O)[C@@H](CO)OC(O)[C@@H]1O. The van der Waals surface area contributed by atoms with E-state index in [2.05, 4.69) is 4.52 Å². The van der Waals surface area contributed by atoms with E-state index in [4.69, 9.17) is 24.0 Å². The predicted octanol–water partition coefficient (Wildman–Crippen LogP) is -5.28. The summed E-state index contributed by atoms with van der Waals surface area (Å²) >= 11 is 0. The third-order valence-electron chi connectivity index (χ3n) is 4.21. The van der Waals surface area contributed by atoms with Crippen LogP contribution in [0.1, 0.15) is 0 Å². The van der Waals surface area contributed by atoms with Crippen molar-refractivity contribution < 1.29 is 68.8 Å². The van der Waals surface area contributed by atoms with Crippen molar-refractivity contribution in [1.29, 1.82) is 0 Å². The fourth-order valence-corrected chi connectivity index (χ4v) is 3.39. The van der Waals surface area contributed by atoms with Crippen LogP contribution in [0.2, 0.25) is 0 Å². The summed E-state index contributed by atoms with van der Waals surface area (Å²) in [4.78, 5) is 18.0. The zero-order valence-electron chi connectivity index (χ0n) is 13.7. The first-order valence-corrected chi connectivity index (χ1v) is 9.35. The van der Waals surface area contributed by atoms with E-state index in [1.165, 1.54) is 0 Å². The van der Waals surface area contributed by atoms with E-state index in [1.807, 2.05) is 0 Å². The molecule has 15 heteroatoms. The Kier molecular flexibility index (Phi) is 7.68. The molecule has 0 aromatic carbocycles. The fourth-order valence-electron chi connectivity index (χ4n) is 2.83. The summed E-state index contributed by atoms with van der Waals surface area (Å²) in [5, 5.41) is 67.6. The topological polar surface area (TPSA) is 236 Å². The molecule has 2 aliphatic rings. The second-order valence-electron chi connectivity index (χ2n) is 6.10. The Balaban J connectivity index is 2.26. The standard InChI is InChI=1S/C12H23O14P/c13-1-3-5(15)6(16)7(17)12(24-3)25-9-4(2-14)23-11(19)8(18)10(9)26-27(20,21)22/h3-19H,1-2H2,(H2,20,21,22)/t3-,4-,5+,6+,7-,8-,9-,10-,11?,12+/m1/s1. The lowest BCUT2D eigenvalue weighted by Crippen LogP contribution is -2.64. The molecule has 2 rings (SSSR count). The molecule has 0 amide bonds. The Bertz CT molecular complexity index is 526. The largest absolute Gasteiger partial charge is 0.470 e. The monoisotopic (exact) mass is 422 g/mol. The van der Waals surface area contributed by atoms with Gasteiger partial charge in [-0.05, 0) is 0 Å². The van der Waals surface area contributed by atoms with Crippen molar-refractivity contribution in [3.05, 3.63) is 0 Å². The van der Waals surface area contributed by atoms with Crippen molar-refractivity contribution in [1.82, 2.24) is 0 Å². The second kappa shape index (κ2) is 9.02. The third kappa shape index (κ3) is 5.20. The maximum Gasteiger partial charge on any atom is 0.470 e. The van der Waals surface area contributed by atoms with Crippen LogP contribution >= 0.6 is 7.82 Å². The summed E-state index contributed by atoms with van der Waals surface area (Å²) < 4.78 is 30.9. The van der Waals surface area contributed by atoms with Gasteiger partial charge >= 0.3 is 7.82 Å². The van der Waals surface area contributed by atoms with E-state index in [9.17, 15) is 40.3 Å². The maximum absolute atomic E-state index is 11.2. The molecule has 2 saturated heterocycles. The Morgan fingerprint density at radius 2 is 1.37 bits per heavy atom. The summed E-state index contributed by atoms with van der Waals surface area (Å²) in [5.74, 6) is 0. The molecule has 160 valence electrons. The number of aliphatic hydroxyl groups excluding tert-OH is 7. The van der Waals surface area contributed by atoms with Crippen LogP contribution in [0.25, 0.3) is 0 Å². The Hall–Kier alpha value is -0.290. The van der Waals surface area contributed by atoms with E-state index in [1.54, 1.807) is 0 Å². The second-order valence-corrected chi connectivity index (χ2v) is 7.29. The summed E-state index contributed by atoms with van der Waals surface area (Å²) in [5.41, 5.74) is 0. The Morgan fingerprint density at radius 3 is 1.89 bits per heavy atom. The van der Waals surface area contributed by atoms with Crippen LogP contribution in [0.3, 0.4) is 0 Å². The first kappa shape index (κ1) is 23.0. The lowest BCUT2D eigenvalue weighted by atomic mass is 9.97. The first-order chi connectivity index (χ1) is 12.5. The van der Waals surface area contributed by atoms with Crippen molar-refractivity contribution in [3.8, 4) is 0 Å². The van der Waals surface area contributed by atoms with Crippen molar-refractivity contribution in [2.24, 2.45) is 0 Å². The highest BCUT2D eigenvalue weighted by molar-refractivity contribution is 7.46. The number of hydrogen-bond donors (Lipinski definition) is 9. The lowest BCUT2D eigenvalue weighted by Gasteiger charge is -2.46. The molecule has 2 aliphatic heterocycles. The lowest BCUT2D eigenvalue weighted by molar-refractivity contribution is -0.353. The summed E-state index contributed by atoms with van der Waals surface area (Å²) in [6.45, 7) is -1.62. The highest BCUT2D eigenvalue weighted by Gasteiger charge is 2.52. The minimum atomic E-state index is -5.20. The van der Waals surface area contributed by atoms with Gasteiger partial charge in [0.1, 0.15) is 48.8 Å². The molecule has 14 nitrogen and oxygen atoms in total. The molecule has 2 heterocycles. The quantitative estimate of drug-likeness (QED) is 0.182. The zero-order valence-corrected chi connectivity index (χ0v) is 14.6. The van der Waals surface area contributed by atoms with Crippen LogP contribution in [0.15, 0.2) is 0 Å². The van der Waals surface area contributed by atoms with Gasteiger partial charge in [0, 0.05) is 0 Å². The number of hydrogen-bond acceptors (Lipinski definition) is 12. The van der Waals surface area contributed by atoms with Gasteiger partial charge in [0.25, 0.3) is 0 Å².